The summed E-state index contributed by atoms with van der Waals surface area (Å²) in [7, 11) is 0. The summed E-state index contributed by atoms with van der Waals surface area (Å²) in [6.07, 6.45) is -1.04. The summed E-state index contributed by atoms with van der Waals surface area (Å²) >= 11 is 0. The quantitative estimate of drug-likeness (QED) is 0.267. The van der Waals surface area contributed by atoms with Crippen LogP contribution in [0, 0.1) is 20.2 Å². The van der Waals surface area contributed by atoms with Crippen LogP contribution in [0.25, 0.3) is 11.1 Å². The molecule has 3 aromatic rings. The first-order valence-corrected chi connectivity index (χ1v) is 11.3. The molecular formula is C25H22N4O8. The van der Waals surface area contributed by atoms with E-state index in [0.29, 0.717) is 0 Å². The number of nitro benzene ring substituents is 2. The molecule has 0 aromatic heterocycles. The fourth-order valence-corrected chi connectivity index (χ4v) is 4.33. The zero-order chi connectivity index (χ0) is 26.5. The van der Waals surface area contributed by atoms with Crippen molar-refractivity contribution in [1.82, 2.24) is 5.32 Å². The van der Waals surface area contributed by atoms with E-state index < -0.39 is 39.3 Å². The van der Waals surface area contributed by atoms with E-state index in [2.05, 4.69) is 10.6 Å². The van der Waals surface area contributed by atoms with E-state index in [1.54, 1.807) is 0 Å². The number of carboxylic acid groups (broad SMARTS) is 1. The molecule has 1 amide bonds. The zero-order valence-electron chi connectivity index (χ0n) is 19.3. The summed E-state index contributed by atoms with van der Waals surface area (Å²) in [5.74, 6) is -1.50. The first-order valence-electron chi connectivity index (χ1n) is 11.3. The Morgan fingerprint density at radius 3 is 2.14 bits per heavy atom. The number of hydrogen-bond donors (Lipinski definition) is 3. The number of fused-ring (bicyclic) bond motifs is 3. The minimum absolute atomic E-state index is 0.0131. The zero-order valence-corrected chi connectivity index (χ0v) is 19.3. The largest absolute Gasteiger partial charge is 0.480 e. The standard InChI is InChI=1S/C25H22N4O8/c30-24(31)22(11-12-26-21-10-9-15(28(33)34)13-23(21)29(35)36)27-25(32)37-14-20-18-7-3-1-5-16(18)17-6-2-4-8-19(17)20/h1-10,13,20,22,26H,11-12,14H2,(H,27,32)(H,30,31)/t22-/m0/s1. The van der Waals surface area contributed by atoms with Gasteiger partial charge in [0.2, 0.25) is 0 Å². The van der Waals surface area contributed by atoms with Crippen molar-refractivity contribution < 1.29 is 29.3 Å². The maximum absolute atomic E-state index is 12.4. The molecule has 0 fully saturated rings. The summed E-state index contributed by atoms with van der Waals surface area (Å²) in [4.78, 5) is 44.7. The summed E-state index contributed by atoms with van der Waals surface area (Å²) in [6, 6.07) is 17.3. The smallest absolute Gasteiger partial charge is 0.407 e. The van der Waals surface area contributed by atoms with E-state index in [1.807, 2.05) is 48.5 Å². The number of aliphatic carboxylic acids is 1. The fourth-order valence-electron chi connectivity index (χ4n) is 4.33. The number of nitro groups is 2. The van der Waals surface area contributed by atoms with Gasteiger partial charge in [-0.2, -0.15) is 0 Å². The van der Waals surface area contributed by atoms with E-state index >= 15 is 0 Å². The van der Waals surface area contributed by atoms with Gasteiger partial charge in [-0.25, -0.2) is 9.59 Å². The highest BCUT2D eigenvalue weighted by atomic mass is 16.6. The van der Waals surface area contributed by atoms with Gasteiger partial charge in [-0.05, 0) is 34.7 Å². The monoisotopic (exact) mass is 506 g/mol. The van der Waals surface area contributed by atoms with E-state index in [4.69, 9.17) is 4.74 Å². The molecule has 0 radical (unpaired) electrons. The van der Waals surface area contributed by atoms with Crippen molar-refractivity contribution in [1.29, 1.82) is 0 Å². The summed E-state index contributed by atoms with van der Waals surface area (Å²) in [6.45, 7) is -0.0568. The molecule has 37 heavy (non-hydrogen) atoms. The Labute approximate surface area is 210 Å². The van der Waals surface area contributed by atoms with Crippen LogP contribution in [0.4, 0.5) is 21.9 Å². The van der Waals surface area contributed by atoms with Crippen molar-refractivity contribution in [2.24, 2.45) is 0 Å². The average molecular weight is 506 g/mol. The van der Waals surface area contributed by atoms with Gasteiger partial charge in [0.25, 0.3) is 11.4 Å². The molecule has 0 saturated heterocycles. The number of ether oxygens (including phenoxy) is 1. The number of carbonyl (C=O) groups is 2. The van der Waals surface area contributed by atoms with E-state index in [-0.39, 0.29) is 31.2 Å². The van der Waals surface area contributed by atoms with Crippen molar-refractivity contribution >= 4 is 29.1 Å². The molecule has 4 rings (SSSR count). The minimum Gasteiger partial charge on any atom is -0.480 e. The third-order valence-corrected chi connectivity index (χ3v) is 6.07. The van der Waals surface area contributed by atoms with Crippen LogP contribution in [-0.4, -0.2) is 46.2 Å². The van der Waals surface area contributed by atoms with Crippen LogP contribution < -0.4 is 10.6 Å². The highest BCUT2D eigenvalue weighted by Gasteiger charge is 2.30. The predicted molar refractivity (Wildman–Crippen MR) is 132 cm³/mol. The lowest BCUT2D eigenvalue weighted by molar-refractivity contribution is -0.393. The normalized spacial score (nSPS) is 12.6. The molecule has 0 heterocycles. The molecular weight excluding hydrogens is 484 g/mol. The van der Waals surface area contributed by atoms with Gasteiger partial charge >= 0.3 is 12.1 Å². The number of alkyl carbamates (subject to hydrolysis) is 1. The summed E-state index contributed by atoms with van der Waals surface area (Å²) in [5.41, 5.74) is 3.16. The van der Waals surface area contributed by atoms with Gasteiger partial charge in [0.05, 0.1) is 15.9 Å². The molecule has 0 aliphatic heterocycles. The van der Waals surface area contributed by atoms with Gasteiger partial charge in [-0.1, -0.05) is 48.5 Å². The minimum atomic E-state index is -1.33. The molecule has 3 N–H and O–H groups in total. The summed E-state index contributed by atoms with van der Waals surface area (Å²) < 4.78 is 5.38. The number of non-ortho nitro benzene ring substituents is 1. The predicted octanol–water partition coefficient (Wildman–Crippen LogP) is 4.30. The highest BCUT2D eigenvalue weighted by molar-refractivity contribution is 5.81. The number of amides is 1. The Kier molecular flexibility index (Phi) is 7.28. The van der Waals surface area contributed by atoms with Crippen LogP contribution in [0.5, 0.6) is 0 Å². The molecule has 12 heteroatoms. The first-order chi connectivity index (χ1) is 17.8. The maximum Gasteiger partial charge on any atom is 0.407 e. The number of carbonyl (C=O) groups excluding carboxylic acids is 1. The first kappa shape index (κ1) is 25.1. The number of benzene rings is 3. The van der Waals surface area contributed by atoms with Gasteiger partial charge in [0.15, 0.2) is 0 Å². The summed E-state index contributed by atoms with van der Waals surface area (Å²) in [5, 5.41) is 36.7. The maximum atomic E-state index is 12.4. The van der Waals surface area contributed by atoms with Gasteiger partial charge < -0.3 is 20.5 Å². The number of hydrogen-bond acceptors (Lipinski definition) is 8. The number of nitrogens with zero attached hydrogens (tertiary/aromatic N) is 2. The fraction of sp³-hybridized carbons (Fsp3) is 0.200. The number of rotatable bonds is 10. The molecule has 3 aromatic carbocycles. The molecule has 12 nitrogen and oxygen atoms in total. The molecule has 0 bridgehead atoms. The van der Waals surface area contributed by atoms with E-state index in [0.717, 1.165) is 34.4 Å². The van der Waals surface area contributed by atoms with Crippen molar-refractivity contribution in [3.63, 3.8) is 0 Å². The molecule has 1 aliphatic rings. The third-order valence-electron chi connectivity index (χ3n) is 6.07. The molecule has 1 aliphatic carbocycles. The van der Waals surface area contributed by atoms with Crippen LogP contribution in [-0.2, 0) is 9.53 Å². The molecule has 0 spiro atoms. The second kappa shape index (κ2) is 10.7. The Hall–Kier alpha value is -5.00. The van der Waals surface area contributed by atoms with Crippen LogP contribution in [0.2, 0.25) is 0 Å². The highest BCUT2D eigenvalue weighted by Crippen LogP contribution is 2.44. The number of carboxylic acids is 1. The average Bonchev–Trinajstić information content (AvgIpc) is 3.20. The van der Waals surface area contributed by atoms with Crippen LogP contribution in [0.15, 0.2) is 66.7 Å². The van der Waals surface area contributed by atoms with Gasteiger partial charge in [0, 0.05) is 18.5 Å². The van der Waals surface area contributed by atoms with E-state index in [1.165, 1.54) is 6.07 Å². The molecule has 1 atom stereocenters. The number of anilines is 1. The van der Waals surface area contributed by atoms with E-state index in [9.17, 15) is 34.9 Å². The Morgan fingerprint density at radius 1 is 0.946 bits per heavy atom. The van der Waals surface area contributed by atoms with Gasteiger partial charge in [-0.3, -0.25) is 20.2 Å². The van der Waals surface area contributed by atoms with Crippen molar-refractivity contribution in [2.75, 3.05) is 18.5 Å². The van der Waals surface area contributed by atoms with Crippen molar-refractivity contribution in [3.05, 3.63) is 98.1 Å². The lowest BCUT2D eigenvalue weighted by atomic mass is 9.98. The molecule has 190 valence electrons. The van der Waals surface area contributed by atoms with Gasteiger partial charge in [-0.15, -0.1) is 0 Å². The molecule has 0 saturated carbocycles. The van der Waals surface area contributed by atoms with Crippen LogP contribution in [0.3, 0.4) is 0 Å². The third kappa shape index (κ3) is 5.48. The lowest BCUT2D eigenvalue weighted by Gasteiger charge is -2.18. The lowest BCUT2D eigenvalue weighted by Crippen LogP contribution is -2.42. The molecule has 0 unspecified atom stereocenters. The van der Waals surface area contributed by atoms with Crippen molar-refractivity contribution in [2.45, 2.75) is 18.4 Å². The SMILES string of the molecule is O=C(N[C@@H](CCNc1ccc([N+](=O)[O-])cc1[N+](=O)[O-])C(=O)O)OCC1c2ccccc2-c2ccccc21. The van der Waals surface area contributed by atoms with Crippen LogP contribution in [0.1, 0.15) is 23.5 Å². The second-order valence-electron chi connectivity index (χ2n) is 8.29. The van der Waals surface area contributed by atoms with Crippen molar-refractivity contribution in [3.8, 4) is 11.1 Å². The van der Waals surface area contributed by atoms with Gasteiger partial charge in [0.1, 0.15) is 18.3 Å². The second-order valence-corrected chi connectivity index (χ2v) is 8.29. The Balaban J connectivity index is 1.35. The van der Waals surface area contributed by atoms with Crippen LogP contribution >= 0.6 is 0 Å². The Morgan fingerprint density at radius 2 is 1.57 bits per heavy atom. The number of nitrogens with one attached hydrogen (secondary N) is 2. The Bertz CT molecular complexity index is 1330. The topological polar surface area (TPSA) is 174 Å².